The maximum Gasteiger partial charge on any atom is 0.254 e. The second-order valence-electron chi connectivity index (χ2n) is 13.9. The number of ether oxygens (including phenoxy) is 2. The van der Waals surface area contributed by atoms with Gasteiger partial charge in [0.1, 0.15) is 16.9 Å². The molecule has 1 amide bonds. The Kier molecular flexibility index (Phi) is 5.77. The van der Waals surface area contributed by atoms with E-state index in [9.17, 15) is 4.79 Å². The zero-order chi connectivity index (χ0) is 28.9. The molecule has 0 radical (unpaired) electrons. The van der Waals surface area contributed by atoms with Crippen LogP contribution in [0.2, 0.25) is 0 Å². The fourth-order valence-corrected chi connectivity index (χ4v) is 8.80. The van der Waals surface area contributed by atoms with Crippen molar-refractivity contribution < 1.29 is 14.3 Å². The van der Waals surface area contributed by atoms with Gasteiger partial charge >= 0.3 is 0 Å². The minimum atomic E-state index is 0.0327. The maximum atomic E-state index is 13.9. The highest BCUT2D eigenvalue weighted by Gasteiger charge is 2.48. The maximum absolute atomic E-state index is 13.9. The van der Waals surface area contributed by atoms with Crippen molar-refractivity contribution in [2.24, 2.45) is 23.5 Å². The molecule has 3 unspecified atom stereocenters. The summed E-state index contributed by atoms with van der Waals surface area (Å²) >= 11 is 0. The molecule has 3 atom stereocenters. The van der Waals surface area contributed by atoms with E-state index in [1.54, 1.807) is 7.11 Å². The predicted molar refractivity (Wildman–Crippen MR) is 164 cm³/mol. The van der Waals surface area contributed by atoms with Gasteiger partial charge < -0.3 is 29.2 Å². The highest BCUT2D eigenvalue weighted by Crippen LogP contribution is 2.49. The van der Waals surface area contributed by atoms with Gasteiger partial charge in [-0.2, -0.15) is 0 Å². The van der Waals surface area contributed by atoms with Crippen molar-refractivity contribution in [3.05, 3.63) is 42.1 Å². The Morgan fingerprint density at radius 2 is 1.98 bits per heavy atom. The van der Waals surface area contributed by atoms with Crippen LogP contribution < -0.4 is 10.5 Å². The van der Waals surface area contributed by atoms with Crippen LogP contribution in [0.3, 0.4) is 0 Å². The van der Waals surface area contributed by atoms with Gasteiger partial charge in [0.15, 0.2) is 5.82 Å². The van der Waals surface area contributed by atoms with Crippen LogP contribution in [-0.2, 0) is 17.8 Å². The first-order valence-electron chi connectivity index (χ1n) is 16.2. The van der Waals surface area contributed by atoms with E-state index >= 15 is 0 Å². The van der Waals surface area contributed by atoms with Crippen molar-refractivity contribution in [1.82, 2.24) is 24.0 Å². The van der Waals surface area contributed by atoms with Crippen molar-refractivity contribution in [2.45, 2.75) is 82.1 Å². The number of nitrogens with two attached hydrogens (primary N) is 1. The Morgan fingerprint density at radius 1 is 1.12 bits per heavy atom. The number of pyridine rings is 1. The molecule has 2 saturated heterocycles. The molecule has 2 N–H and O–H groups in total. The molecule has 9 heteroatoms. The highest BCUT2D eigenvalue weighted by molar-refractivity contribution is 6.00. The first-order chi connectivity index (χ1) is 21.0. The molecule has 43 heavy (non-hydrogen) atoms. The van der Waals surface area contributed by atoms with E-state index in [-0.39, 0.29) is 23.6 Å². The van der Waals surface area contributed by atoms with E-state index in [4.69, 9.17) is 25.2 Å². The molecular formula is C34H40N6O3. The number of rotatable bonds is 7. The van der Waals surface area contributed by atoms with E-state index in [2.05, 4.69) is 21.3 Å². The smallest absolute Gasteiger partial charge is 0.254 e. The van der Waals surface area contributed by atoms with Crippen LogP contribution in [0.5, 0.6) is 5.75 Å². The minimum Gasteiger partial charge on any atom is -0.494 e. The van der Waals surface area contributed by atoms with E-state index in [0.717, 1.165) is 91.9 Å². The van der Waals surface area contributed by atoms with Crippen LogP contribution in [-0.4, -0.2) is 67.9 Å². The van der Waals surface area contributed by atoms with Gasteiger partial charge in [-0.1, -0.05) is 0 Å². The van der Waals surface area contributed by atoms with Crippen LogP contribution in [0.1, 0.15) is 61.7 Å². The Balaban J connectivity index is 1.17. The predicted octanol–water partition coefficient (Wildman–Crippen LogP) is 4.99. The number of carbonyl (C=O) groups excluding carboxylic acids is 1. The molecular weight excluding hydrogens is 540 g/mol. The molecule has 1 spiro atoms. The zero-order valence-electron chi connectivity index (χ0n) is 24.9. The number of amides is 1. The molecule has 1 aromatic carbocycles. The van der Waals surface area contributed by atoms with E-state index in [1.807, 2.05) is 29.3 Å². The molecule has 4 aromatic rings. The van der Waals surface area contributed by atoms with Gasteiger partial charge in [-0.3, -0.25) is 4.79 Å². The third kappa shape index (κ3) is 4.07. The Labute approximate surface area is 251 Å². The molecule has 2 bridgehead atoms. The molecule has 3 aliphatic carbocycles. The van der Waals surface area contributed by atoms with Crippen molar-refractivity contribution in [3.8, 4) is 17.3 Å². The number of nitrogens with zero attached hydrogens (tertiary/aromatic N) is 5. The number of piperidine rings is 1. The van der Waals surface area contributed by atoms with Crippen LogP contribution in [0.4, 0.5) is 0 Å². The number of aromatic nitrogens is 4. The third-order valence-corrected chi connectivity index (χ3v) is 11.2. The second kappa shape index (κ2) is 9.53. The zero-order valence-corrected chi connectivity index (χ0v) is 24.9. The third-order valence-electron chi connectivity index (χ3n) is 11.2. The number of methoxy groups -OCH3 is 1. The number of hydrogen-bond donors (Lipinski definition) is 1. The lowest BCUT2D eigenvalue weighted by molar-refractivity contribution is -0.0939. The number of benzene rings is 1. The van der Waals surface area contributed by atoms with Gasteiger partial charge in [0.2, 0.25) is 0 Å². The summed E-state index contributed by atoms with van der Waals surface area (Å²) in [6.45, 7) is 3.40. The summed E-state index contributed by atoms with van der Waals surface area (Å²) in [6.07, 6.45) is 11.0. The van der Waals surface area contributed by atoms with Gasteiger partial charge in [-0.15, -0.1) is 0 Å². The Bertz CT molecular complexity index is 1740. The first kappa shape index (κ1) is 26.0. The average molecular weight is 581 g/mol. The van der Waals surface area contributed by atoms with Crippen LogP contribution in [0.15, 0.2) is 36.5 Å². The fraction of sp³-hybridized carbons (Fsp3) is 0.559. The molecule has 2 aliphatic heterocycles. The summed E-state index contributed by atoms with van der Waals surface area (Å²) in [5.41, 5.74) is 11.0. The molecule has 3 aromatic heterocycles. The summed E-state index contributed by atoms with van der Waals surface area (Å²) in [5.74, 6) is 3.24. The average Bonchev–Trinajstić information content (AvgIpc) is 3.35. The lowest BCUT2D eigenvalue weighted by Gasteiger charge is -2.44. The molecule has 5 aliphatic rings. The lowest BCUT2D eigenvalue weighted by Crippen LogP contribution is -2.44. The van der Waals surface area contributed by atoms with Gasteiger partial charge in [0, 0.05) is 55.5 Å². The summed E-state index contributed by atoms with van der Waals surface area (Å²) < 4.78 is 17.0. The SMILES string of the molecule is COc1cc(C(=O)N2CC3CCC2C3N)cc2nc(-c3cc4cccnc4n3CC3CC3)n(CC3CC4(CCCO4)C3)c12. The van der Waals surface area contributed by atoms with Gasteiger partial charge in [0.25, 0.3) is 5.91 Å². The molecule has 3 saturated carbocycles. The number of imidazole rings is 1. The molecule has 9 nitrogen and oxygen atoms in total. The van der Waals surface area contributed by atoms with E-state index in [0.29, 0.717) is 29.1 Å². The minimum absolute atomic E-state index is 0.0327. The summed E-state index contributed by atoms with van der Waals surface area (Å²) in [5, 5.41) is 1.13. The van der Waals surface area contributed by atoms with Crippen molar-refractivity contribution >= 4 is 28.0 Å². The lowest BCUT2D eigenvalue weighted by atomic mass is 9.69. The fourth-order valence-electron chi connectivity index (χ4n) is 8.80. The topological polar surface area (TPSA) is 100 Å². The highest BCUT2D eigenvalue weighted by atomic mass is 16.5. The van der Waals surface area contributed by atoms with Crippen molar-refractivity contribution in [2.75, 3.05) is 20.3 Å². The van der Waals surface area contributed by atoms with Crippen LogP contribution >= 0.6 is 0 Å². The monoisotopic (exact) mass is 580 g/mol. The molecule has 224 valence electrons. The Hall–Kier alpha value is -3.43. The normalized spacial score (nSPS) is 29.8. The molecule has 5 heterocycles. The second-order valence-corrected chi connectivity index (χ2v) is 13.9. The standard InChI is InChI=1S/C34H40N6O3/c1-42-28-14-24(33(41)39-19-23-7-8-26(39)29(23)35)12-25-30(28)40(18-21-15-34(16-21)9-3-11-43-34)32(37-25)27-13-22-4-2-10-36-31(22)38(27)17-20-5-6-20/h2,4,10,12-14,20-21,23,26,29H,3,5-9,11,15-19,35H2,1H3. The van der Waals surface area contributed by atoms with Crippen molar-refractivity contribution in [3.63, 3.8) is 0 Å². The number of carbonyl (C=O) groups is 1. The van der Waals surface area contributed by atoms with Crippen LogP contribution in [0.25, 0.3) is 33.6 Å². The van der Waals surface area contributed by atoms with Gasteiger partial charge in [0.05, 0.1) is 23.9 Å². The van der Waals surface area contributed by atoms with Crippen LogP contribution in [0, 0.1) is 17.8 Å². The molecule has 9 rings (SSSR count). The first-order valence-corrected chi connectivity index (χ1v) is 16.2. The summed E-state index contributed by atoms with van der Waals surface area (Å²) in [4.78, 5) is 26.0. The number of likely N-dealkylation sites (tertiary alicyclic amines) is 1. The van der Waals surface area contributed by atoms with Crippen molar-refractivity contribution in [1.29, 1.82) is 0 Å². The summed E-state index contributed by atoms with van der Waals surface area (Å²) in [7, 11) is 1.70. The Morgan fingerprint density at radius 3 is 2.70 bits per heavy atom. The molecule has 5 fully saturated rings. The quantitative estimate of drug-likeness (QED) is 0.331. The largest absolute Gasteiger partial charge is 0.494 e. The van der Waals surface area contributed by atoms with E-state index < -0.39 is 0 Å². The van der Waals surface area contributed by atoms with Gasteiger partial charge in [-0.25, -0.2) is 9.97 Å². The number of fused-ring (bicyclic) bond motifs is 4. The summed E-state index contributed by atoms with van der Waals surface area (Å²) in [6, 6.07) is 10.5. The number of hydrogen-bond acceptors (Lipinski definition) is 6. The van der Waals surface area contributed by atoms with E-state index in [1.165, 1.54) is 19.3 Å². The van der Waals surface area contributed by atoms with Gasteiger partial charge in [-0.05, 0) is 99.5 Å².